The zero-order valence-corrected chi connectivity index (χ0v) is 13.8. The molecule has 0 radical (unpaired) electrons. The number of rotatable bonds is 6. The van der Waals surface area contributed by atoms with E-state index in [1.807, 2.05) is 19.1 Å². The third kappa shape index (κ3) is 5.94. The smallest absolute Gasteiger partial charge is 0.315 e. The Balaban J connectivity index is 1.65. The van der Waals surface area contributed by atoms with Crippen molar-refractivity contribution < 1.29 is 14.0 Å². The van der Waals surface area contributed by atoms with Crippen LogP contribution in [0.2, 0.25) is 0 Å². The molecule has 7 heteroatoms. The van der Waals surface area contributed by atoms with Gasteiger partial charge in [0.1, 0.15) is 5.76 Å². The van der Waals surface area contributed by atoms with Crippen molar-refractivity contribution in [2.45, 2.75) is 38.3 Å². The van der Waals surface area contributed by atoms with Crippen LogP contribution >= 0.6 is 0 Å². The van der Waals surface area contributed by atoms with Crippen LogP contribution in [0.15, 0.2) is 22.8 Å². The summed E-state index contributed by atoms with van der Waals surface area (Å²) in [6, 6.07) is 3.77. The highest BCUT2D eigenvalue weighted by Crippen LogP contribution is 2.10. The predicted octanol–water partition coefficient (Wildman–Crippen LogP) is 0.720. The minimum atomic E-state index is -0.145. The number of amides is 3. The number of carbonyl (C=O) groups is 2. The molecule has 3 N–H and O–H groups in total. The minimum Gasteiger partial charge on any atom is -0.469 e. The van der Waals surface area contributed by atoms with Gasteiger partial charge in [-0.1, -0.05) is 0 Å². The Hall–Kier alpha value is -2.02. The van der Waals surface area contributed by atoms with E-state index >= 15 is 0 Å². The van der Waals surface area contributed by atoms with E-state index in [0.29, 0.717) is 13.0 Å². The first kappa shape index (κ1) is 17.3. The maximum absolute atomic E-state index is 12.0. The van der Waals surface area contributed by atoms with Gasteiger partial charge in [-0.25, -0.2) is 4.79 Å². The van der Waals surface area contributed by atoms with Gasteiger partial charge >= 0.3 is 6.03 Å². The highest BCUT2D eigenvalue weighted by molar-refractivity contribution is 5.77. The Morgan fingerprint density at radius 1 is 1.39 bits per heavy atom. The number of hydrogen-bond acceptors (Lipinski definition) is 4. The molecule has 1 aliphatic rings. The van der Waals surface area contributed by atoms with Crippen LogP contribution in [0.3, 0.4) is 0 Å². The molecular formula is C16H26N4O3. The predicted molar refractivity (Wildman–Crippen MR) is 87.1 cm³/mol. The van der Waals surface area contributed by atoms with Crippen LogP contribution < -0.4 is 16.0 Å². The molecule has 1 aromatic heterocycles. The van der Waals surface area contributed by atoms with Crippen LogP contribution in [-0.4, -0.2) is 55.6 Å². The molecule has 1 aliphatic heterocycles. The second-order valence-electron chi connectivity index (χ2n) is 6.03. The normalized spacial score (nSPS) is 17.5. The summed E-state index contributed by atoms with van der Waals surface area (Å²) in [4.78, 5) is 25.5. The number of likely N-dealkylation sites (N-methyl/N-ethyl adjacent to an activating group) is 1. The molecule has 128 valence electrons. The molecule has 1 saturated heterocycles. The highest BCUT2D eigenvalue weighted by atomic mass is 16.3. The van der Waals surface area contributed by atoms with Gasteiger partial charge in [-0.15, -0.1) is 0 Å². The van der Waals surface area contributed by atoms with Gasteiger partial charge in [0.05, 0.1) is 12.8 Å². The molecule has 0 bridgehead atoms. The molecule has 0 saturated carbocycles. The van der Waals surface area contributed by atoms with E-state index in [1.54, 1.807) is 13.3 Å². The van der Waals surface area contributed by atoms with Crippen LogP contribution in [0, 0.1) is 0 Å². The minimum absolute atomic E-state index is 0.00879. The summed E-state index contributed by atoms with van der Waals surface area (Å²) in [6.45, 7) is 4.02. The third-order valence-corrected chi connectivity index (χ3v) is 4.03. The summed E-state index contributed by atoms with van der Waals surface area (Å²) in [5.41, 5.74) is 0. The quantitative estimate of drug-likeness (QED) is 0.720. The molecule has 1 atom stereocenters. The third-order valence-electron chi connectivity index (χ3n) is 4.03. The van der Waals surface area contributed by atoms with E-state index in [-0.39, 0.29) is 24.0 Å². The maximum Gasteiger partial charge on any atom is 0.315 e. The van der Waals surface area contributed by atoms with Crippen molar-refractivity contribution in [3.63, 3.8) is 0 Å². The number of carbonyl (C=O) groups excluding carboxylic acids is 2. The van der Waals surface area contributed by atoms with Crippen molar-refractivity contribution in [2.75, 3.05) is 26.7 Å². The second kappa shape index (κ2) is 8.57. The van der Waals surface area contributed by atoms with Crippen molar-refractivity contribution >= 4 is 11.9 Å². The Morgan fingerprint density at radius 2 is 2.13 bits per heavy atom. The van der Waals surface area contributed by atoms with Gasteiger partial charge in [0.2, 0.25) is 5.91 Å². The van der Waals surface area contributed by atoms with Crippen LogP contribution in [0.1, 0.15) is 25.5 Å². The van der Waals surface area contributed by atoms with Crippen molar-refractivity contribution in [2.24, 2.45) is 0 Å². The average Bonchev–Trinajstić information content (AvgIpc) is 3.01. The number of urea groups is 1. The van der Waals surface area contributed by atoms with Gasteiger partial charge < -0.3 is 20.4 Å². The van der Waals surface area contributed by atoms with Gasteiger partial charge in [-0.2, -0.15) is 0 Å². The number of piperidine rings is 1. The van der Waals surface area contributed by atoms with Crippen LogP contribution in [0.25, 0.3) is 0 Å². The first-order chi connectivity index (χ1) is 11.1. The zero-order valence-electron chi connectivity index (χ0n) is 13.8. The maximum atomic E-state index is 12.0. The van der Waals surface area contributed by atoms with Gasteiger partial charge in [0.25, 0.3) is 0 Å². The van der Waals surface area contributed by atoms with Crippen LogP contribution in [0.5, 0.6) is 0 Å². The Morgan fingerprint density at radius 3 is 2.74 bits per heavy atom. The fourth-order valence-electron chi connectivity index (χ4n) is 2.75. The molecule has 2 rings (SSSR count). The molecule has 23 heavy (non-hydrogen) atoms. The van der Waals surface area contributed by atoms with E-state index in [4.69, 9.17) is 4.42 Å². The summed E-state index contributed by atoms with van der Waals surface area (Å²) in [5.74, 6) is 0.890. The van der Waals surface area contributed by atoms with E-state index in [2.05, 4.69) is 20.9 Å². The van der Waals surface area contributed by atoms with Gasteiger partial charge in [0.15, 0.2) is 0 Å². The standard InChI is InChI=1S/C16H26N4O3/c1-12(10-14-4-3-9-23-14)18-16(22)19-13-5-7-20(8-6-13)11-15(21)17-2/h3-4,9,12-13H,5-8,10-11H2,1-2H3,(H,17,21)(H2,18,19,22)/t12-/m0/s1. The summed E-state index contributed by atoms with van der Waals surface area (Å²) < 4.78 is 5.28. The summed E-state index contributed by atoms with van der Waals surface area (Å²) in [7, 11) is 1.64. The van der Waals surface area contributed by atoms with Gasteiger partial charge in [0, 0.05) is 38.6 Å². The molecule has 1 fully saturated rings. The highest BCUT2D eigenvalue weighted by Gasteiger charge is 2.22. The van der Waals surface area contributed by atoms with E-state index in [1.165, 1.54) is 0 Å². The summed E-state index contributed by atoms with van der Waals surface area (Å²) in [5, 5.41) is 8.57. The largest absolute Gasteiger partial charge is 0.469 e. The lowest BCUT2D eigenvalue weighted by atomic mass is 10.1. The van der Waals surface area contributed by atoms with E-state index in [0.717, 1.165) is 31.7 Å². The molecular weight excluding hydrogens is 296 g/mol. The SMILES string of the molecule is CNC(=O)CN1CCC(NC(=O)N[C@@H](C)Cc2ccco2)CC1. The second-order valence-corrected chi connectivity index (χ2v) is 6.03. The fraction of sp³-hybridized carbons (Fsp3) is 0.625. The zero-order chi connectivity index (χ0) is 16.7. The van der Waals surface area contributed by atoms with Crippen LogP contribution in [0.4, 0.5) is 4.79 Å². The summed E-state index contributed by atoms with van der Waals surface area (Å²) >= 11 is 0. The van der Waals surface area contributed by atoms with E-state index < -0.39 is 0 Å². The molecule has 0 spiro atoms. The molecule has 3 amide bonds. The van der Waals surface area contributed by atoms with Gasteiger partial charge in [-0.3, -0.25) is 9.69 Å². The lowest BCUT2D eigenvalue weighted by Crippen LogP contribution is -2.50. The molecule has 1 aromatic rings. The Bertz CT molecular complexity index is 495. The molecule has 2 heterocycles. The van der Waals surface area contributed by atoms with Gasteiger partial charge in [-0.05, 0) is 31.9 Å². The molecule has 0 unspecified atom stereocenters. The average molecular weight is 322 g/mol. The van der Waals surface area contributed by atoms with Crippen molar-refractivity contribution in [1.29, 1.82) is 0 Å². The van der Waals surface area contributed by atoms with Crippen molar-refractivity contribution in [1.82, 2.24) is 20.9 Å². The van der Waals surface area contributed by atoms with E-state index in [9.17, 15) is 9.59 Å². The fourth-order valence-corrected chi connectivity index (χ4v) is 2.75. The number of nitrogens with one attached hydrogen (secondary N) is 3. The first-order valence-electron chi connectivity index (χ1n) is 8.09. The Kier molecular flexibility index (Phi) is 6.46. The number of likely N-dealkylation sites (tertiary alicyclic amines) is 1. The number of nitrogens with zero attached hydrogens (tertiary/aromatic N) is 1. The first-order valence-corrected chi connectivity index (χ1v) is 8.09. The number of hydrogen-bond donors (Lipinski definition) is 3. The van der Waals surface area contributed by atoms with Crippen LogP contribution in [-0.2, 0) is 11.2 Å². The molecule has 0 aliphatic carbocycles. The molecule has 0 aromatic carbocycles. The topological polar surface area (TPSA) is 86.6 Å². The lowest BCUT2D eigenvalue weighted by molar-refractivity contribution is -0.122. The van der Waals surface area contributed by atoms with Crippen molar-refractivity contribution in [3.05, 3.63) is 24.2 Å². The lowest BCUT2D eigenvalue weighted by Gasteiger charge is -2.32. The summed E-state index contributed by atoms with van der Waals surface area (Å²) in [6.07, 6.45) is 4.02. The monoisotopic (exact) mass is 322 g/mol. The molecule has 7 nitrogen and oxygen atoms in total. The van der Waals surface area contributed by atoms with Crippen molar-refractivity contribution in [3.8, 4) is 0 Å². The number of furan rings is 1. The Labute approximate surface area is 136 Å².